The molecule has 0 aliphatic carbocycles. The number of fused-ring (bicyclic) bond motifs is 1. The number of allylic oxidation sites excluding steroid dienone is 1. The minimum Gasteiger partial charge on any atom is -0.497 e. The normalized spacial score (nSPS) is 11.0. The van der Waals surface area contributed by atoms with E-state index in [1.807, 2.05) is 24.3 Å². The third-order valence-electron chi connectivity index (χ3n) is 5.13. The van der Waals surface area contributed by atoms with E-state index in [0.29, 0.717) is 34.6 Å². The van der Waals surface area contributed by atoms with Gasteiger partial charge in [-0.3, -0.25) is 9.59 Å². The van der Waals surface area contributed by atoms with E-state index in [-0.39, 0.29) is 16.8 Å². The van der Waals surface area contributed by atoms with Crippen molar-refractivity contribution in [2.45, 2.75) is 6.61 Å². The zero-order chi connectivity index (χ0) is 23.2. The van der Waals surface area contributed by atoms with Crippen molar-refractivity contribution in [3.63, 3.8) is 0 Å². The van der Waals surface area contributed by atoms with Crippen LogP contribution in [0.5, 0.6) is 17.2 Å². The van der Waals surface area contributed by atoms with Gasteiger partial charge in [-0.25, -0.2) is 0 Å². The van der Waals surface area contributed by atoms with E-state index in [2.05, 4.69) is 0 Å². The Kier molecular flexibility index (Phi) is 6.55. The summed E-state index contributed by atoms with van der Waals surface area (Å²) in [6.45, 7) is 0.401. The molecule has 33 heavy (non-hydrogen) atoms. The van der Waals surface area contributed by atoms with Crippen LogP contribution in [0, 0.1) is 0 Å². The Morgan fingerprint density at radius 1 is 0.909 bits per heavy atom. The predicted octanol–water partition coefficient (Wildman–Crippen LogP) is 5.29. The van der Waals surface area contributed by atoms with Crippen molar-refractivity contribution in [3.05, 3.63) is 106 Å². The number of hydrogen-bond donors (Lipinski definition) is 0. The number of hydrogen-bond acceptors (Lipinski definition) is 6. The first-order valence-electron chi connectivity index (χ1n) is 10.3. The van der Waals surface area contributed by atoms with Crippen LogP contribution in [0.25, 0.3) is 17.0 Å². The standard InChI is InChI=1S/C27H22O6/c1-30-21-11-6-18(7-12-21)16-32-22-13-8-19(9-14-22)23(28)15-10-20-17-33-25-5-3-4-24(31-2)26(25)27(20)29/h3-15,17H,16H2,1-2H3/b15-10+. The van der Waals surface area contributed by atoms with Gasteiger partial charge >= 0.3 is 0 Å². The second kappa shape index (κ2) is 9.87. The summed E-state index contributed by atoms with van der Waals surface area (Å²) in [5.74, 6) is 1.62. The molecule has 0 aliphatic heterocycles. The molecule has 0 saturated carbocycles. The fourth-order valence-electron chi connectivity index (χ4n) is 3.31. The lowest BCUT2D eigenvalue weighted by molar-refractivity contribution is 0.104. The molecule has 0 radical (unpaired) electrons. The van der Waals surface area contributed by atoms with Gasteiger partial charge in [-0.2, -0.15) is 0 Å². The molecule has 0 fully saturated rings. The lowest BCUT2D eigenvalue weighted by Gasteiger charge is -2.07. The van der Waals surface area contributed by atoms with Gasteiger partial charge in [0.2, 0.25) is 5.43 Å². The molecule has 0 aliphatic rings. The molecule has 3 aromatic carbocycles. The molecular formula is C27H22O6. The highest BCUT2D eigenvalue weighted by molar-refractivity contribution is 6.07. The molecular weight excluding hydrogens is 420 g/mol. The van der Waals surface area contributed by atoms with E-state index >= 15 is 0 Å². The number of methoxy groups -OCH3 is 2. The molecule has 4 rings (SSSR count). The van der Waals surface area contributed by atoms with Gasteiger partial charge in [0.15, 0.2) is 5.78 Å². The predicted molar refractivity (Wildman–Crippen MR) is 126 cm³/mol. The highest BCUT2D eigenvalue weighted by Crippen LogP contribution is 2.23. The van der Waals surface area contributed by atoms with Crippen molar-refractivity contribution in [1.29, 1.82) is 0 Å². The zero-order valence-corrected chi connectivity index (χ0v) is 18.2. The molecule has 6 nitrogen and oxygen atoms in total. The molecule has 0 amide bonds. The highest BCUT2D eigenvalue weighted by atomic mass is 16.5. The van der Waals surface area contributed by atoms with E-state index in [9.17, 15) is 9.59 Å². The van der Waals surface area contributed by atoms with Gasteiger partial charge in [0.25, 0.3) is 0 Å². The SMILES string of the molecule is COc1ccc(COc2ccc(C(=O)/C=C/c3coc4cccc(OC)c4c3=O)cc2)cc1. The largest absolute Gasteiger partial charge is 0.497 e. The molecule has 0 N–H and O–H groups in total. The van der Waals surface area contributed by atoms with Crippen LogP contribution >= 0.6 is 0 Å². The third-order valence-corrected chi connectivity index (χ3v) is 5.13. The van der Waals surface area contributed by atoms with Crippen LogP contribution in [-0.2, 0) is 6.61 Å². The summed E-state index contributed by atoms with van der Waals surface area (Å²) in [6.07, 6.45) is 4.14. The summed E-state index contributed by atoms with van der Waals surface area (Å²) in [5, 5.41) is 0.341. The number of carbonyl (C=O) groups is 1. The molecule has 0 bridgehead atoms. The van der Waals surface area contributed by atoms with Crippen LogP contribution in [0.3, 0.4) is 0 Å². The third kappa shape index (κ3) is 4.96. The Morgan fingerprint density at radius 2 is 1.64 bits per heavy atom. The molecule has 6 heteroatoms. The molecule has 0 saturated heterocycles. The average molecular weight is 442 g/mol. The molecule has 0 atom stereocenters. The monoisotopic (exact) mass is 442 g/mol. The lowest BCUT2D eigenvalue weighted by atomic mass is 10.1. The number of rotatable bonds is 8. The summed E-state index contributed by atoms with van der Waals surface area (Å²) in [4.78, 5) is 25.4. The van der Waals surface area contributed by atoms with Crippen molar-refractivity contribution in [2.24, 2.45) is 0 Å². The van der Waals surface area contributed by atoms with Crippen LogP contribution in [-0.4, -0.2) is 20.0 Å². The molecule has 166 valence electrons. The van der Waals surface area contributed by atoms with Crippen LogP contribution < -0.4 is 19.6 Å². The van der Waals surface area contributed by atoms with Crippen molar-refractivity contribution < 1.29 is 23.4 Å². The van der Waals surface area contributed by atoms with Crippen molar-refractivity contribution in [2.75, 3.05) is 14.2 Å². The molecule has 0 spiro atoms. The molecule has 0 unspecified atom stereocenters. The average Bonchev–Trinajstić information content (AvgIpc) is 2.87. The van der Waals surface area contributed by atoms with Crippen molar-refractivity contribution in [1.82, 2.24) is 0 Å². The minimum atomic E-state index is -0.264. The maximum Gasteiger partial charge on any atom is 0.203 e. The Hall–Kier alpha value is -4.32. The Bertz CT molecular complexity index is 1350. The van der Waals surface area contributed by atoms with Crippen LogP contribution in [0.15, 0.2) is 88.3 Å². The molecule has 1 aromatic heterocycles. The van der Waals surface area contributed by atoms with E-state index < -0.39 is 0 Å². The lowest BCUT2D eigenvalue weighted by Crippen LogP contribution is -2.06. The topological polar surface area (TPSA) is 75.0 Å². The van der Waals surface area contributed by atoms with E-state index in [0.717, 1.165) is 11.3 Å². The van der Waals surface area contributed by atoms with E-state index in [4.69, 9.17) is 18.6 Å². The maximum atomic E-state index is 12.8. The fraction of sp³-hybridized carbons (Fsp3) is 0.111. The number of benzene rings is 3. The summed E-state index contributed by atoms with van der Waals surface area (Å²) < 4.78 is 21.7. The molecule has 1 heterocycles. The van der Waals surface area contributed by atoms with Crippen LogP contribution in [0.1, 0.15) is 21.5 Å². The first-order valence-corrected chi connectivity index (χ1v) is 10.3. The summed E-state index contributed by atoms with van der Waals surface area (Å²) >= 11 is 0. The number of ketones is 1. The first-order chi connectivity index (χ1) is 16.1. The summed E-state index contributed by atoms with van der Waals surface area (Å²) in [5.41, 5.74) is 1.91. The quantitative estimate of drug-likeness (QED) is 0.273. The van der Waals surface area contributed by atoms with Crippen molar-refractivity contribution >= 4 is 22.8 Å². The second-order valence-corrected chi connectivity index (χ2v) is 7.21. The van der Waals surface area contributed by atoms with Crippen LogP contribution in [0.2, 0.25) is 0 Å². The van der Waals surface area contributed by atoms with Gasteiger partial charge in [0.1, 0.15) is 41.1 Å². The Morgan fingerprint density at radius 3 is 2.33 bits per heavy atom. The minimum absolute atomic E-state index is 0.240. The number of ether oxygens (including phenoxy) is 3. The van der Waals surface area contributed by atoms with Gasteiger partial charge < -0.3 is 18.6 Å². The highest BCUT2D eigenvalue weighted by Gasteiger charge is 2.11. The van der Waals surface area contributed by atoms with Gasteiger partial charge in [-0.05, 0) is 66.2 Å². The Balaban J connectivity index is 1.44. The van der Waals surface area contributed by atoms with Gasteiger partial charge in [-0.1, -0.05) is 18.2 Å². The Labute approximate surface area is 190 Å². The molecule has 4 aromatic rings. The summed E-state index contributed by atoms with van der Waals surface area (Å²) in [7, 11) is 3.11. The van der Waals surface area contributed by atoms with Crippen molar-refractivity contribution in [3.8, 4) is 17.2 Å². The zero-order valence-electron chi connectivity index (χ0n) is 18.2. The van der Waals surface area contributed by atoms with Gasteiger partial charge in [-0.15, -0.1) is 0 Å². The van der Waals surface area contributed by atoms with E-state index in [1.165, 1.54) is 25.5 Å². The summed E-state index contributed by atoms with van der Waals surface area (Å²) in [6, 6.07) is 19.6. The van der Waals surface area contributed by atoms with Gasteiger partial charge in [0.05, 0.1) is 19.8 Å². The second-order valence-electron chi connectivity index (χ2n) is 7.21. The fourth-order valence-corrected chi connectivity index (χ4v) is 3.31. The van der Waals surface area contributed by atoms with Crippen LogP contribution in [0.4, 0.5) is 0 Å². The maximum absolute atomic E-state index is 12.8. The number of carbonyl (C=O) groups excluding carboxylic acids is 1. The first kappa shape index (κ1) is 21.9. The van der Waals surface area contributed by atoms with Gasteiger partial charge in [0, 0.05) is 5.56 Å². The van der Waals surface area contributed by atoms with E-state index in [1.54, 1.807) is 49.6 Å². The smallest absolute Gasteiger partial charge is 0.203 e.